The molecule has 3 aliphatic heterocycles. The monoisotopic (exact) mass is 659 g/mol. The Morgan fingerprint density at radius 1 is 0.848 bits per heavy atom. The number of ether oxygens (including phenoxy) is 2. The molecule has 0 bridgehead atoms. The third-order valence-electron chi connectivity index (χ3n) is 7.74. The van der Waals surface area contributed by atoms with E-state index in [4.69, 9.17) is 4.74 Å². The summed E-state index contributed by atoms with van der Waals surface area (Å²) in [6.07, 6.45) is 0. The van der Waals surface area contributed by atoms with Crippen LogP contribution in [0.5, 0.6) is 5.75 Å². The summed E-state index contributed by atoms with van der Waals surface area (Å²) >= 11 is 0. The summed E-state index contributed by atoms with van der Waals surface area (Å²) < 4.78 is 25.0. The summed E-state index contributed by atoms with van der Waals surface area (Å²) in [6.45, 7) is -2.60. The number of hydrogen-bond acceptors (Lipinski definition) is 18. The van der Waals surface area contributed by atoms with Crippen molar-refractivity contribution in [1.82, 2.24) is 15.1 Å². The van der Waals surface area contributed by atoms with Crippen LogP contribution in [0.15, 0.2) is 36.4 Å². The number of amides is 3. The van der Waals surface area contributed by atoms with E-state index in [0.29, 0.717) is 4.90 Å². The molecule has 2 saturated heterocycles. The van der Waals surface area contributed by atoms with Gasteiger partial charge in [-0.1, -0.05) is 24.3 Å². The highest BCUT2D eigenvalue weighted by atomic mass is 19.1. The van der Waals surface area contributed by atoms with Gasteiger partial charge in [-0.25, -0.2) is 4.39 Å². The van der Waals surface area contributed by atoms with Crippen LogP contribution in [0.1, 0.15) is 27.0 Å². The molecule has 5 rings (SSSR count). The molecule has 0 aliphatic carbocycles. The molecule has 3 heterocycles. The standard InChI is InChI=1S/C25H26FN3O17/c26-15-10(7-29-22(37,38)24(41,42)46-25(43,44)23(29,39)40)3-1-4-11(15)9-45-14-6-2-5-12-13(14)8-28(18(12)31)16-17(30)27-19(32)21(35,36)20(16,33)34/h1-6,16,33-44H,7-9H2,(H,27,30,32). The number of nitrogens with one attached hydrogen (secondary N) is 1. The maximum absolute atomic E-state index is 15.5. The molecule has 2 aromatic rings. The molecule has 0 aromatic heterocycles. The Labute approximate surface area is 254 Å². The minimum atomic E-state index is -4.25. The lowest BCUT2D eigenvalue weighted by molar-refractivity contribution is -0.659. The molecule has 20 nitrogen and oxygen atoms in total. The fourth-order valence-corrected chi connectivity index (χ4v) is 5.15. The molecule has 3 amide bonds. The fourth-order valence-electron chi connectivity index (χ4n) is 5.15. The number of carbonyl (C=O) groups is 3. The zero-order chi connectivity index (χ0) is 34.4. The summed E-state index contributed by atoms with van der Waals surface area (Å²) in [4.78, 5) is 37.4. The molecule has 250 valence electrons. The SMILES string of the molecule is O=C1NC(=O)C(O)(O)C(O)(O)C1N1Cc2c(OCc3cccc(CN4C(O)(O)C(O)(O)OC(O)(O)C4(O)O)c3F)cccc2C1=O. The Balaban J connectivity index is 1.39. The first-order valence-corrected chi connectivity index (χ1v) is 12.8. The van der Waals surface area contributed by atoms with E-state index in [2.05, 4.69) is 4.74 Å². The smallest absolute Gasteiger partial charge is 0.356 e. The van der Waals surface area contributed by atoms with Gasteiger partial charge in [0.25, 0.3) is 23.5 Å². The minimum Gasteiger partial charge on any atom is -0.488 e. The molecule has 0 spiro atoms. The second-order valence-corrected chi connectivity index (χ2v) is 10.7. The predicted molar refractivity (Wildman–Crippen MR) is 134 cm³/mol. The summed E-state index contributed by atoms with van der Waals surface area (Å²) in [5.41, 5.74) is -1.07. The highest BCUT2D eigenvalue weighted by Crippen LogP contribution is 2.43. The van der Waals surface area contributed by atoms with Crippen LogP contribution in [0.4, 0.5) is 4.39 Å². The third kappa shape index (κ3) is 4.74. The summed E-state index contributed by atoms with van der Waals surface area (Å²) in [5, 5.41) is 122. The van der Waals surface area contributed by atoms with Crippen LogP contribution in [0.25, 0.3) is 0 Å². The number of nitrogens with zero attached hydrogens (tertiary/aromatic N) is 2. The maximum atomic E-state index is 15.5. The number of piperidine rings is 1. The van der Waals surface area contributed by atoms with Gasteiger partial charge in [-0.2, -0.15) is 4.90 Å². The zero-order valence-electron chi connectivity index (χ0n) is 22.8. The quantitative estimate of drug-likeness (QED) is 0.101. The van der Waals surface area contributed by atoms with Gasteiger partial charge in [0.2, 0.25) is 0 Å². The van der Waals surface area contributed by atoms with Crippen molar-refractivity contribution in [2.75, 3.05) is 0 Å². The molecule has 21 heteroatoms. The van der Waals surface area contributed by atoms with Gasteiger partial charge in [-0.05, 0) is 12.1 Å². The largest absolute Gasteiger partial charge is 0.488 e. The van der Waals surface area contributed by atoms with Crippen LogP contribution in [-0.2, 0) is 34.0 Å². The van der Waals surface area contributed by atoms with E-state index in [1.807, 2.05) is 0 Å². The van der Waals surface area contributed by atoms with Gasteiger partial charge < -0.3 is 70.9 Å². The maximum Gasteiger partial charge on any atom is 0.356 e. The molecule has 2 fully saturated rings. The van der Waals surface area contributed by atoms with Gasteiger partial charge in [0.15, 0.2) is 6.04 Å². The van der Waals surface area contributed by atoms with Gasteiger partial charge >= 0.3 is 29.6 Å². The van der Waals surface area contributed by atoms with Crippen molar-refractivity contribution in [1.29, 1.82) is 0 Å². The Morgan fingerprint density at radius 2 is 1.41 bits per heavy atom. The Kier molecular flexibility index (Phi) is 7.56. The van der Waals surface area contributed by atoms with E-state index in [0.717, 1.165) is 12.1 Å². The normalized spacial score (nSPS) is 25.6. The van der Waals surface area contributed by atoms with Crippen LogP contribution in [-0.4, -0.2) is 130 Å². The molecular formula is C25H26FN3O17. The molecular weight excluding hydrogens is 633 g/mol. The summed E-state index contributed by atoms with van der Waals surface area (Å²) in [6, 6.07) is 4.73. The van der Waals surface area contributed by atoms with Crippen LogP contribution in [0.2, 0.25) is 0 Å². The van der Waals surface area contributed by atoms with E-state index in [9.17, 15) is 75.7 Å². The molecule has 1 atom stereocenters. The Morgan fingerprint density at radius 3 is 2.02 bits per heavy atom. The van der Waals surface area contributed by atoms with Crippen molar-refractivity contribution < 1.29 is 89.5 Å². The van der Waals surface area contributed by atoms with Crippen molar-refractivity contribution in [3.8, 4) is 5.75 Å². The number of morpholine rings is 1. The average Bonchev–Trinajstić information content (AvgIpc) is 3.25. The number of aliphatic hydroxyl groups is 12. The highest BCUT2D eigenvalue weighted by Gasteiger charge is 2.74. The van der Waals surface area contributed by atoms with E-state index in [1.165, 1.54) is 29.6 Å². The molecule has 1 unspecified atom stereocenters. The molecule has 0 radical (unpaired) electrons. The Hall–Kier alpha value is -3.78. The van der Waals surface area contributed by atoms with E-state index >= 15 is 4.39 Å². The summed E-state index contributed by atoms with van der Waals surface area (Å²) in [5.74, 6) is -30.3. The van der Waals surface area contributed by atoms with Gasteiger partial charge in [0.1, 0.15) is 18.2 Å². The lowest BCUT2D eigenvalue weighted by Gasteiger charge is -2.55. The topological polar surface area (TPSA) is 331 Å². The van der Waals surface area contributed by atoms with Gasteiger partial charge in [-0.15, -0.1) is 0 Å². The van der Waals surface area contributed by atoms with Crippen molar-refractivity contribution in [2.24, 2.45) is 0 Å². The van der Waals surface area contributed by atoms with Crippen molar-refractivity contribution >= 4 is 17.7 Å². The molecule has 3 aliphatic rings. The number of carbonyl (C=O) groups excluding carboxylic acids is 3. The van der Waals surface area contributed by atoms with Crippen molar-refractivity contribution in [3.05, 3.63) is 64.5 Å². The molecule has 0 saturated carbocycles. The summed E-state index contributed by atoms with van der Waals surface area (Å²) in [7, 11) is 0. The number of imide groups is 1. The van der Waals surface area contributed by atoms with Crippen molar-refractivity contribution in [3.63, 3.8) is 0 Å². The number of hydrogen-bond donors (Lipinski definition) is 13. The fraction of sp³-hybridized carbons (Fsp3) is 0.400. The third-order valence-corrected chi connectivity index (χ3v) is 7.74. The zero-order valence-corrected chi connectivity index (χ0v) is 22.8. The second kappa shape index (κ2) is 10.4. The van der Waals surface area contributed by atoms with E-state index < -0.39 is 95.1 Å². The first-order valence-electron chi connectivity index (χ1n) is 12.8. The lowest BCUT2D eigenvalue weighted by Crippen LogP contribution is -2.83. The lowest BCUT2D eigenvalue weighted by atomic mass is 9.90. The first-order chi connectivity index (χ1) is 21.0. The number of rotatable bonds is 6. The first kappa shape index (κ1) is 33.6. The molecule has 2 aromatic carbocycles. The average molecular weight is 659 g/mol. The van der Waals surface area contributed by atoms with Crippen LogP contribution >= 0.6 is 0 Å². The number of benzene rings is 2. The minimum absolute atomic E-state index is 0.0134. The number of fused-ring (bicyclic) bond motifs is 1. The van der Waals surface area contributed by atoms with Gasteiger partial charge in [0.05, 0.1) is 6.54 Å². The Bertz CT molecular complexity index is 1600. The highest BCUT2D eigenvalue weighted by molar-refractivity contribution is 6.08. The van der Waals surface area contributed by atoms with Crippen molar-refractivity contribution in [2.45, 2.75) is 61.1 Å². The van der Waals surface area contributed by atoms with Gasteiger partial charge in [-0.3, -0.25) is 24.4 Å². The van der Waals surface area contributed by atoms with Crippen LogP contribution in [0, 0.1) is 5.82 Å². The van der Waals surface area contributed by atoms with Crippen LogP contribution in [0.3, 0.4) is 0 Å². The van der Waals surface area contributed by atoms with E-state index in [-0.39, 0.29) is 22.4 Å². The molecule has 13 N–H and O–H groups in total. The predicted octanol–water partition coefficient (Wildman–Crippen LogP) is -6.87. The molecule has 46 heavy (non-hydrogen) atoms. The van der Waals surface area contributed by atoms with Gasteiger partial charge in [0, 0.05) is 28.8 Å². The second-order valence-electron chi connectivity index (χ2n) is 10.7. The number of halogens is 1. The van der Waals surface area contributed by atoms with E-state index in [1.54, 1.807) is 0 Å². The van der Waals surface area contributed by atoms with Crippen LogP contribution < -0.4 is 10.1 Å².